The molecule has 20 heavy (non-hydrogen) atoms. The summed E-state index contributed by atoms with van der Waals surface area (Å²) in [5, 5.41) is 2.84. The zero-order valence-electron chi connectivity index (χ0n) is 12.6. The van der Waals surface area contributed by atoms with Gasteiger partial charge in [0.25, 0.3) is 0 Å². The van der Waals surface area contributed by atoms with Gasteiger partial charge in [-0.2, -0.15) is 0 Å². The highest BCUT2D eigenvalue weighted by Crippen LogP contribution is 2.27. The summed E-state index contributed by atoms with van der Waals surface area (Å²) < 4.78 is 0. The lowest BCUT2D eigenvalue weighted by Crippen LogP contribution is -2.51. The summed E-state index contributed by atoms with van der Waals surface area (Å²) in [6.45, 7) is 7.38. The molecule has 5 nitrogen and oxygen atoms in total. The molecule has 0 saturated carbocycles. The largest absolute Gasteiger partial charge is 0.392 e. The van der Waals surface area contributed by atoms with Crippen molar-refractivity contribution in [1.82, 2.24) is 10.2 Å². The molecule has 0 aromatic heterocycles. The fraction of sp³-hybridized carbons (Fsp3) is 0.786. The molecule has 1 aliphatic rings. The van der Waals surface area contributed by atoms with Gasteiger partial charge in [-0.05, 0) is 32.1 Å². The first-order valence-electron chi connectivity index (χ1n) is 7.15. The molecule has 0 bridgehead atoms. The van der Waals surface area contributed by atoms with Crippen molar-refractivity contribution in [2.45, 2.75) is 40.0 Å². The Bertz CT molecular complexity index is 392. The first-order chi connectivity index (χ1) is 9.31. The minimum atomic E-state index is -0.736. The zero-order chi connectivity index (χ0) is 15.3. The van der Waals surface area contributed by atoms with E-state index in [9.17, 15) is 9.59 Å². The van der Waals surface area contributed by atoms with E-state index >= 15 is 0 Å². The Hall–Kier alpha value is -1.17. The van der Waals surface area contributed by atoms with Crippen molar-refractivity contribution in [3.05, 3.63) is 0 Å². The summed E-state index contributed by atoms with van der Waals surface area (Å²) >= 11 is 5.05. The third kappa shape index (κ3) is 3.91. The second kappa shape index (κ2) is 7.02. The molecule has 0 radical (unpaired) electrons. The Morgan fingerprint density at radius 2 is 1.95 bits per heavy atom. The van der Waals surface area contributed by atoms with E-state index in [0.29, 0.717) is 32.0 Å². The van der Waals surface area contributed by atoms with Gasteiger partial charge in [-0.15, -0.1) is 0 Å². The lowest BCUT2D eigenvalue weighted by atomic mass is 9.84. The third-order valence-electron chi connectivity index (χ3n) is 4.26. The maximum atomic E-state index is 12.6. The van der Waals surface area contributed by atoms with Crippen LogP contribution in [0, 0.1) is 11.3 Å². The summed E-state index contributed by atoms with van der Waals surface area (Å²) in [7, 11) is 0. The van der Waals surface area contributed by atoms with Crippen molar-refractivity contribution in [3.8, 4) is 0 Å². The van der Waals surface area contributed by atoms with Crippen LogP contribution >= 0.6 is 12.2 Å². The molecule has 0 aromatic carbocycles. The lowest BCUT2D eigenvalue weighted by molar-refractivity contribution is -0.139. The Morgan fingerprint density at radius 1 is 1.40 bits per heavy atom. The van der Waals surface area contributed by atoms with Crippen LogP contribution in [0.3, 0.4) is 0 Å². The van der Waals surface area contributed by atoms with Crippen molar-refractivity contribution in [1.29, 1.82) is 0 Å². The fourth-order valence-corrected chi connectivity index (χ4v) is 2.64. The third-order valence-corrected chi connectivity index (χ3v) is 4.71. The average molecular weight is 299 g/mol. The standard InChI is InChI=1S/C14H25N3O2S/c1-4-14(3,12(15)20)13(19)17-7-5-11(6-8-17)9-16-10(2)18/h11H,4-9H2,1-3H3,(H2,15,20)(H,16,18). The maximum absolute atomic E-state index is 12.6. The number of likely N-dealkylation sites (tertiary alicyclic amines) is 1. The van der Waals surface area contributed by atoms with Crippen molar-refractivity contribution in [2.75, 3.05) is 19.6 Å². The normalized spacial score (nSPS) is 19.2. The molecule has 1 unspecified atom stereocenters. The Morgan fingerprint density at radius 3 is 2.35 bits per heavy atom. The molecule has 1 saturated heterocycles. The molecule has 1 fully saturated rings. The van der Waals surface area contributed by atoms with Gasteiger partial charge in [0.1, 0.15) is 0 Å². The summed E-state index contributed by atoms with van der Waals surface area (Å²) in [6.07, 6.45) is 2.43. The van der Waals surface area contributed by atoms with Crippen molar-refractivity contribution >= 4 is 29.0 Å². The molecular formula is C14H25N3O2S. The highest BCUT2D eigenvalue weighted by Gasteiger charge is 2.38. The van der Waals surface area contributed by atoms with Gasteiger partial charge in [-0.3, -0.25) is 9.59 Å². The Balaban J connectivity index is 2.54. The number of hydrogen-bond acceptors (Lipinski definition) is 3. The summed E-state index contributed by atoms with van der Waals surface area (Å²) in [5.74, 6) is 0.474. The lowest BCUT2D eigenvalue weighted by Gasteiger charge is -2.37. The first kappa shape index (κ1) is 16.9. The molecule has 0 aromatic rings. The van der Waals surface area contributed by atoms with E-state index < -0.39 is 5.41 Å². The van der Waals surface area contributed by atoms with Gasteiger partial charge in [-0.25, -0.2) is 0 Å². The van der Waals surface area contributed by atoms with Crippen molar-refractivity contribution < 1.29 is 9.59 Å². The van der Waals surface area contributed by atoms with Crippen LogP contribution < -0.4 is 11.1 Å². The minimum Gasteiger partial charge on any atom is -0.392 e. The number of rotatable bonds is 5. The summed E-state index contributed by atoms with van der Waals surface area (Å²) in [5.41, 5.74) is 5.00. The van der Waals surface area contributed by atoms with E-state index in [2.05, 4.69) is 5.32 Å². The van der Waals surface area contributed by atoms with Crippen LogP contribution in [0.2, 0.25) is 0 Å². The number of nitrogens with zero attached hydrogens (tertiary/aromatic N) is 1. The number of amides is 2. The highest BCUT2D eigenvalue weighted by atomic mass is 32.1. The van der Waals surface area contributed by atoms with E-state index in [1.807, 2.05) is 18.7 Å². The van der Waals surface area contributed by atoms with E-state index in [1.54, 1.807) is 0 Å². The number of nitrogens with two attached hydrogens (primary N) is 1. The molecule has 1 atom stereocenters. The monoisotopic (exact) mass is 299 g/mol. The molecule has 0 aliphatic carbocycles. The van der Waals surface area contributed by atoms with E-state index in [4.69, 9.17) is 18.0 Å². The second-order valence-electron chi connectivity index (χ2n) is 5.72. The van der Waals surface area contributed by atoms with Crippen LogP contribution in [0.5, 0.6) is 0 Å². The maximum Gasteiger partial charge on any atom is 0.235 e. The fourth-order valence-electron chi connectivity index (χ4n) is 2.41. The van der Waals surface area contributed by atoms with Gasteiger partial charge < -0.3 is 16.0 Å². The Kier molecular flexibility index (Phi) is 5.92. The summed E-state index contributed by atoms with van der Waals surface area (Å²) in [4.78, 5) is 25.6. The number of piperidine rings is 1. The van der Waals surface area contributed by atoms with Crippen LogP contribution in [0.1, 0.15) is 40.0 Å². The van der Waals surface area contributed by atoms with Gasteiger partial charge >= 0.3 is 0 Å². The zero-order valence-corrected chi connectivity index (χ0v) is 13.4. The average Bonchev–Trinajstić information content (AvgIpc) is 2.43. The van der Waals surface area contributed by atoms with Crippen LogP contribution in [0.15, 0.2) is 0 Å². The van der Waals surface area contributed by atoms with Gasteiger partial charge in [0.2, 0.25) is 11.8 Å². The molecule has 3 N–H and O–H groups in total. The van der Waals surface area contributed by atoms with E-state index in [0.717, 1.165) is 12.8 Å². The molecular weight excluding hydrogens is 274 g/mol. The molecule has 1 heterocycles. The van der Waals surface area contributed by atoms with E-state index in [1.165, 1.54) is 6.92 Å². The minimum absolute atomic E-state index is 0.00413. The molecule has 6 heteroatoms. The second-order valence-corrected chi connectivity index (χ2v) is 6.16. The SMILES string of the molecule is CCC(C)(C(=O)N1CCC(CNC(C)=O)CC1)C(N)=S. The number of carbonyl (C=O) groups is 2. The van der Waals surface area contributed by atoms with Crippen LogP contribution in [-0.4, -0.2) is 41.3 Å². The predicted molar refractivity (Wildman–Crippen MR) is 83.2 cm³/mol. The van der Waals surface area contributed by atoms with E-state index in [-0.39, 0.29) is 16.8 Å². The van der Waals surface area contributed by atoms with Gasteiger partial charge in [0, 0.05) is 26.6 Å². The van der Waals surface area contributed by atoms with Crippen molar-refractivity contribution in [3.63, 3.8) is 0 Å². The molecule has 0 spiro atoms. The Labute approximate surface area is 126 Å². The number of nitrogens with one attached hydrogen (secondary N) is 1. The van der Waals surface area contributed by atoms with Gasteiger partial charge in [0.05, 0.1) is 10.4 Å². The number of thiocarbonyl (C=S) groups is 1. The first-order valence-corrected chi connectivity index (χ1v) is 7.55. The smallest absolute Gasteiger partial charge is 0.235 e. The number of hydrogen-bond donors (Lipinski definition) is 2. The molecule has 1 aliphatic heterocycles. The van der Waals surface area contributed by atoms with Gasteiger partial charge in [-0.1, -0.05) is 19.1 Å². The van der Waals surface area contributed by atoms with Crippen molar-refractivity contribution in [2.24, 2.45) is 17.1 Å². The predicted octanol–water partition coefficient (Wildman–Crippen LogP) is 1.06. The molecule has 1 rings (SSSR count). The topological polar surface area (TPSA) is 75.4 Å². The molecule has 2 amide bonds. The van der Waals surface area contributed by atoms with Crippen LogP contribution in [-0.2, 0) is 9.59 Å². The van der Waals surface area contributed by atoms with Gasteiger partial charge in [0.15, 0.2) is 0 Å². The quantitative estimate of drug-likeness (QED) is 0.745. The highest BCUT2D eigenvalue weighted by molar-refractivity contribution is 7.80. The molecule has 114 valence electrons. The number of carbonyl (C=O) groups excluding carboxylic acids is 2. The van der Waals surface area contributed by atoms with Crippen LogP contribution in [0.25, 0.3) is 0 Å². The summed E-state index contributed by atoms with van der Waals surface area (Å²) in [6, 6.07) is 0. The van der Waals surface area contributed by atoms with Crippen LogP contribution in [0.4, 0.5) is 0 Å².